The molecule has 1 saturated carbocycles. The topological polar surface area (TPSA) is 65.6 Å². The Balaban J connectivity index is 1.52. The minimum Gasteiger partial charge on any atom is -0.469 e. The standard InChI is InChI=1S/C21H26N2O3/c1-26-21(25)19-15-10-17-20-14(13-4-2-3-5-16(13)22-20)8-9-23(17)11-12(15)6-7-18(19)24/h2-5,12,15,17-19,22,24H,6-11H2,1H3/t12-,15-,17-,18?,19-/m1/s1. The Labute approximate surface area is 153 Å². The number of carbonyl (C=O) groups excluding carboxylic acids is 1. The number of ether oxygens (including phenoxy) is 1. The number of aromatic nitrogens is 1. The van der Waals surface area contributed by atoms with Gasteiger partial charge in [-0.05, 0) is 49.1 Å². The fourth-order valence-electron chi connectivity index (χ4n) is 5.80. The zero-order chi connectivity index (χ0) is 17.8. The fraction of sp³-hybridized carbons (Fsp3) is 0.571. The predicted molar refractivity (Wildman–Crippen MR) is 98.7 cm³/mol. The van der Waals surface area contributed by atoms with Crippen LogP contribution in [0.3, 0.4) is 0 Å². The van der Waals surface area contributed by atoms with Crippen molar-refractivity contribution in [3.63, 3.8) is 0 Å². The van der Waals surface area contributed by atoms with E-state index in [0.717, 1.165) is 32.4 Å². The fourth-order valence-corrected chi connectivity index (χ4v) is 5.80. The largest absolute Gasteiger partial charge is 0.469 e. The van der Waals surface area contributed by atoms with Crippen LogP contribution >= 0.6 is 0 Å². The Bertz CT molecular complexity index is 845. The Kier molecular flexibility index (Phi) is 3.83. The van der Waals surface area contributed by atoms with Crippen LogP contribution in [0.2, 0.25) is 0 Å². The number of para-hydroxylation sites is 1. The Morgan fingerprint density at radius 2 is 2.15 bits per heavy atom. The molecule has 1 unspecified atom stereocenters. The van der Waals surface area contributed by atoms with Crippen LogP contribution in [0.25, 0.3) is 10.9 Å². The van der Waals surface area contributed by atoms with E-state index in [4.69, 9.17) is 4.74 Å². The highest BCUT2D eigenvalue weighted by Crippen LogP contribution is 2.49. The number of aromatic amines is 1. The van der Waals surface area contributed by atoms with Gasteiger partial charge in [0.15, 0.2) is 0 Å². The lowest BCUT2D eigenvalue weighted by Crippen LogP contribution is -2.53. The maximum Gasteiger partial charge on any atom is 0.311 e. The summed E-state index contributed by atoms with van der Waals surface area (Å²) in [5, 5.41) is 11.8. The summed E-state index contributed by atoms with van der Waals surface area (Å²) in [4.78, 5) is 18.6. The van der Waals surface area contributed by atoms with E-state index in [1.165, 1.54) is 29.3 Å². The summed E-state index contributed by atoms with van der Waals surface area (Å²) in [5.74, 6) is 0.0541. The number of rotatable bonds is 1. The summed E-state index contributed by atoms with van der Waals surface area (Å²) in [7, 11) is 1.43. The minimum atomic E-state index is -0.568. The van der Waals surface area contributed by atoms with Crippen LogP contribution in [0.1, 0.15) is 36.6 Å². The molecule has 138 valence electrons. The Morgan fingerprint density at radius 3 is 3.00 bits per heavy atom. The normalized spacial score (nSPS) is 34.0. The van der Waals surface area contributed by atoms with Gasteiger partial charge < -0.3 is 14.8 Å². The summed E-state index contributed by atoms with van der Waals surface area (Å²) in [6.07, 6.45) is 3.14. The van der Waals surface area contributed by atoms with Crippen LogP contribution in [0.15, 0.2) is 24.3 Å². The third-order valence-electron chi connectivity index (χ3n) is 7.02. The molecule has 1 aliphatic carbocycles. The molecular formula is C21H26N2O3. The van der Waals surface area contributed by atoms with Gasteiger partial charge in [0, 0.05) is 29.7 Å². The van der Waals surface area contributed by atoms with Crippen molar-refractivity contribution < 1.29 is 14.6 Å². The van der Waals surface area contributed by atoms with Crippen molar-refractivity contribution in [2.45, 2.75) is 37.8 Å². The van der Waals surface area contributed by atoms with E-state index in [9.17, 15) is 9.90 Å². The van der Waals surface area contributed by atoms with Crippen molar-refractivity contribution in [2.24, 2.45) is 17.8 Å². The molecule has 2 fully saturated rings. The van der Waals surface area contributed by atoms with E-state index in [2.05, 4.69) is 34.1 Å². The quantitative estimate of drug-likeness (QED) is 0.773. The number of fused-ring (bicyclic) bond motifs is 6. The van der Waals surface area contributed by atoms with Crippen LogP contribution in [0, 0.1) is 17.8 Å². The van der Waals surface area contributed by atoms with Crippen molar-refractivity contribution in [3.8, 4) is 0 Å². The van der Waals surface area contributed by atoms with Crippen LogP contribution in [-0.4, -0.2) is 47.3 Å². The van der Waals surface area contributed by atoms with E-state index in [-0.39, 0.29) is 17.8 Å². The second kappa shape index (κ2) is 6.10. The Hall–Kier alpha value is -1.85. The van der Waals surface area contributed by atoms with Gasteiger partial charge in [-0.1, -0.05) is 18.2 Å². The van der Waals surface area contributed by atoms with Crippen molar-refractivity contribution in [3.05, 3.63) is 35.5 Å². The van der Waals surface area contributed by atoms with Crippen LogP contribution in [0.5, 0.6) is 0 Å². The molecule has 5 heteroatoms. The number of benzene rings is 1. The molecule has 1 aromatic heterocycles. The van der Waals surface area contributed by atoms with E-state index in [0.29, 0.717) is 18.4 Å². The number of aliphatic hydroxyl groups excluding tert-OH is 1. The van der Waals surface area contributed by atoms with Gasteiger partial charge in [-0.3, -0.25) is 9.69 Å². The summed E-state index contributed by atoms with van der Waals surface area (Å²) < 4.78 is 5.04. The second-order valence-corrected chi connectivity index (χ2v) is 8.18. The minimum absolute atomic E-state index is 0.199. The highest BCUT2D eigenvalue weighted by molar-refractivity contribution is 5.85. The van der Waals surface area contributed by atoms with Crippen LogP contribution < -0.4 is 0 Å². The third-order valence-corrected chi connectivity index (χ3v) is 7.02. The summed E-state index contributed by atoms with van der Waals surface area (Å²) in [6.45, 7) is 2.10. The van der Waals surface area contributed by atoms with E-state index in [1.54, 1.807) is 0 Å². The molecule has 2 aliphatic heterocycles. The van der Waals surface area contributed by atoms with Crippen LogP contribution in [0.4, 0.5) is 0 Å². The molecule has 26 heavy (non-hydrogen) atoms. The molecule has 0 amide bonds. The molecule has 2 N–H and O–H groups in total. The maximum atomic E-state index is 12.4. The highest BCUT2D eigenvalue weighted by atomic mass is 16.5. The first-order valence-corrected chi connectivity index (χ1v) is 9.76. The third kappa shape index (κ3) is 2.33. The molecule has 1 saturated heterocycles. The van der Waals surface area contributed by atoms with Gasteiger partial charge in [0.05, 0.1) is 25.2 Å². The number of nitrogens with zero attached hydrogens (tertiary/aromatic N) is 1. The maximum absolute atomic E-state index is 12.4. The lowest BCUT2D eigenvalue weighted by molar-refractivity contribution is -0.160. The molecule has 1 aromatic carbocycles. The predicted octanol–water partition coefficient (Wildman–Crippen LogP) is 2.65. The Morgan fingerprint density at radius 1 is 1.31 bits per heavy atom. The lowest BCUT2D eigenvalue weighted by Gasteiger charge is -2.50. The number of carbonyl (C=O) groups is 1. The average molecular weight is 354 g/mol. The molecule has 0 spiro atoms. The van der Waals surface area contributed by atoms with E-state index in [1.807, 2.05) is 0 Å². The SMILES string of the molecule is COC(=O)[C@H]1C(O)CC[C@@H]2CN3CCc4c([nH]c5ccccc45)[C@H]3C[C@H]21. The van der Waals surface area contributed by atoms with Gasteiger partial charge in [-0.2, -0.15) is 0 Å². The van der Waals surface area contributed by atoms with E-state index >= 15 is 0 Å². The molecule has 5 atom stereocenters. The molecule has 3 aliphatic rings. The first kappa shape index (κ1) is 16.3. The molecule has 2 aromatic rings. The molecule has 0 bridgehead atoms. The zero-order valence-corrected chi connectivity index (χ0v) is 15.1. The molecule has 5 nitrogen and oxygen atoms in total. The van der Waals surface area contributed by atoms with Gasteiger partial charge in [0.1, 0.15) is 0 Å². The van der Waals surface area contributed by atoms with Crippen molar-refractivity contribution in [1.29, 1.82) is 0 Å². The number of H-pyrrole nitrogens is 1. The molecule has 3 heterocycles. The smallest absolute Gasteiger partial charge is 0.311 e. The van der Waals surface area contributed by atoms with Crippen LogP contribution in [-0.2, 0) is 16.0 Å². The first-order valence-electron chi connectivity index (χ1n) is 9.76. The monoisotopic (exact) mass is 354 g/mol. The van der Waals surface area contributed by atoms with Gasteiger partial charge in [0.25, 0.3) is 0 Å². The number of hydrogen-bond donors (Lipinski definition) is 2. The van der Waals surface area contributed by atoms with Crippen molar-refractivity contribution in [1.82, 2.24) is 9.88 Å². The first-order chi connectivity index (χ1) is 12.7. The van der Waals surface area contributed by atoms with Gasteiger partial charge in [-0.15, -0.1) is 0 Å². The van der Waals surface area contributed by atoms with Gasteiger partial charge >= 0.3 is 5.97 Å². The number of methoxy groups -OCH3 is 1. The molecular weight excluding hydrogens is 328 g/mol. The zero-order valence-electron chi connectivity index (χ0n) is 15.1. The second-order valence-electron chi connectivity index (χ2n) is 8.18. The van der Waals surface area contributed by atoms with Gasteiger partial charge in [0.2, 0.25) is 0 Å². The van der Waals surface area contributed by atoms with E-state index < -0.39 is 6.10 Å². The highest BCUT2D eigenvalue weighted by Gasteiger charge is 2.49. The summed E-state index contributed by atoms with van der Waals surface area (Å²) in [5.41, 5.74) is 3.96. The van der Waals surface area contributed by atoms with Gasteiger partial charge in [-0.25, -0.2) is 0 Å². The number of hydrogen-bond acceptors (Lipinski definition) is 4. The number of esters is 1. The summed E-state index contributed by atoms with van der Waals surface area (Å²) in [6, 6.07) is 8.83. The van der Waals surface area contributed by atoms with Crippen molar-refractivity contribution in [2.75, 3.05) is 20.2 Å². The number of piperidine rings is 1. The molecule has 0 radical (unpaired) electrons. The average Bonchev–Trinajstić information content (AvgIpc) is 3.05. The summed E-state index contributed by atoms with van der Waals surface area (Å²) >= 11 is 0. The molecule has 5 rings (SSSR count). The number of nitrogens with one attached hydrogen (secondary N) is 1. The van der Waals surface area contributed by atoms with Crippen molar-refractivity contribution >= 4 is 16.9 Å². The number of aliphatic hydroxyl groups is 1. The lowest BCUT2D eigenvalue weighted by atomic mass is 9.65.